The molecule has 3 unspecified atom stereocenters. The SMILES string of the molecule is CCCCCCCCCCCC(=O)OC[C@H](COP(=O)(O)OC[C@H](O)COP(=O)(O)OC[C@@H](COC(=O)CCCCCCCCCCCCCCCCCC(C)C)OC(=O)CCCCCCCCCCCCCCCCCC(C)C)OC(=O)CCCCCCCCC(C)CC. The van der Waals surface area contributed by atoms with Crippen LogP contribution in [0.25, 0.3) is 0 Å². The zero-order valence-corrected chi connectivity index (χ0v) is 63.9. The average molecular weight is 1400 g/mol. The lowest BCUT2D eigenvalue weighted by Gasteiger charge is -2.21. The molecule has 0 aliphatic carbocycles. The molecule has 0 aliphatic heterocycles. The molecule has 0 aromatic carbocycles. The van der Waals surface area contributed by atoms with E-state index >= 15 is 0 Å². The van der Waals surface area contributed by atoms with Gasteiger partial charge in [0.25, 0.3) is 0 Å². The number of carbonyl (C=O) groups excluding carboxylic acids is 4. The van der Waals surface area contributed by atoms with Gasteiger partial charge in [0.1, 0.15) is 19.3 Å². The maximum absolute atomic E-state index is 13.1. The predicted molar refractivity (Wildman–Crippen MR) is 386 cm³/mol. The third kappa shape index (κ3) is 69.0. The number of phosphoric acid groups is 2. The minimum atomic E-state index is -4.96. The lowest BCUT2D eigenvalue weighted by molar-refractivity contribution is -0.161. The van der Waals surface area contributed by atoms with Gasteiger partial charge < -0.3 is 33.8 Å². The van der Waals surface area contributed by atoms with Gasteiger partial charge in [0, 0.05) is 25.7 Å². The van der Waals surface area contributed by atoms with Gasteiger partial charge in [-0.3, -0.25) is 37.3 Å². The molecule has 0 rings (SSSR count). The highest BCUT2D eigenvalue weighted by atomic mass is 31.2. The molecule has 0 radical (unpaired) electrons. The highest BCUT2D eigenvalue weighted by molar-refractivity contribution is 7.47. The second kappa shape index (κ2) is 66.6. The van der Waals surface area contributed by atoms with Crippen molar-refractivity contribution in [3.05, 3.63) is 0 Å². The minimum absolute atomic E-state index is 0.103. The van der Waals surface area contributed by atoms with Gasteiger partial charge in [0.05, 0.1) is 26.4 Å². The van der Waals surface area contributed by atoms with Crippen molar-refractivity contribution in [1.82, 2.24) is 0 Å². The third-order valence-electron chi connectivity index (χ3n) is 18.0. The van der Waals surface area contributed by atoms with E-state index in [9.17, 15) is 43.2 Å². The maximum Gasteiger partial charge on any atom is 0.472 e. The molecular formula is C76H148O17P2. The molecule has 0 aromatic heterocycles. The number of aliphatic hydroxyl groups excluding tert-OH is 1. The molecule has 0 saturated carbocycles. The van der Waals surface area contributed by atoms with Gasteiger partial charge in [-0.25, -0.2) is 9.13 Å². The first-order chi connectivity index (χ1) is 45.8. The van der Waals surface area contributed by atoms with E-state index in [1.807, 2.05) is 0 Å². The lowest BCUT2D eigenvalue weighted by Crippen LogP contribution is -2.30. The van der Waals surface area contributed by atoms with E-state index in [1.165, 1.54) is 199 Å². The number of unbranched alkanes of at least 4 members (excludes halogenated alkanes) is 41. The number of ether oxygens (including phenoxy) is 4. The van der Waals surface area contributed by atoms with Crippen molar-refractivity contribution >= 4 is 39.5 Å². The van der Waals surface area contributed by atoms with Crippen LogP contribution in [0.5, 0.6) is 0 Å². The van der Waals surface area contributed by atoms with E-state index in [0.29, 0.717) is 25.7 Å². The summed E-state index contributed by atoms with van der Waals surface area (Å²) in [5.74, 6) is 0.208. The summed E-state index contributed by atoms with van der Waals surface area (Å²) in [4.78, 5) is 72.7. The van der Waals surface area contributed by atoms with Gasteiger partial charge in [-0.05, 0) is 43.4 Å². The Hall–Kier alpha value is -1.94. The summed E-state index contributed by atoms with van der Waals surface area (Å²) in [6, 6.07) is 0. The Balaban J connectivity index is 5.21. The monoisotopic (exact) mass is 1400 g/mol. The Kier molecular flexibility index (Phi) is 65.2. The van der Waals surface area contributed by atoms with Crippen LogP contribution < -0.4 is 0 Å². The third-order valence-corrected chi connectivity index (χ3v) is 19.9. The van der Waals surface area contributed by atoms with Crippen LogP contribution in [0, 0.1) is 17.8 Å². The molecule has 6 atom stereocenters. The largest absolute Gasteiger partial charge is 0.472 e. The predicted octanol–water partition coefficient (Wildman–Crippen LogP) is 22.2. The molecule has 3 N–H and O–H groups in total. The first-order valence-corrected chi connectivity index (χ1v) is 42.4. The maximum atomic E-state index is 13.1. The van der Waals surface area contributed by atoms with Gasteiger partial charge >= 0.3 is 39.5 Å². The van der Waals surface area contributed by atoms with Crippen molar-refractivity contribution in [3.63, 3.8) is 0 Å². The number of phosphoric ester groups is 2. The fourth-order valence-electron chi connectivity index (χ4n) is 11.6. The Morgan fingerprint density at radius 2 is 0.537 bits per heavy atom. The van der Waals surface area contributed by atoms with Crippen LogP contribution in [0.3, 0.4) is 0 Å². The van der Waals surface area contributed by atoms with E-state index < -0.39 is 97.5 Å². The van der Waals surface area contributed by atoms with Crippen LogP contribution >= 0.6 is 15.6 Å². The van der Waals surface area contributed by atoms with Crippen LogP contribution in [0.1, 0.15) is 389 Å². The first-order valence-electron chi connectivity index (χ1n) is 39.4. The quantitative estimate of drug-likeness (QED) is 0.0222. The lowest BCUT2D eigenvalue weighted by atomic mass is 10.00. The van der Waals surface area contributed by atoms with Crippen LogP contribution in [0.4, 0.5) is 0 Å². The van der Waals surface area contributed by atoms with Crippen molar-refractivity contribution in [2.24, 2.45) is 17.8 Å². The molecule has 0 spiro atoms. The molecule has 0 fully saturated rings. The number of carbonyl (C=O) groups is 4. The van der Waals surface area contributed by atoms with E-state index in [-0.39, 0.29) is 25.7 Å². The normalized spacial score (nSPS) is 14.4. The molecule has 95 heavy (non-hydrogen) atoms. The van der Waals surface area contributed by atoms with Crippen LogP contribution in [-0.4, -0.2) is 96.7 Å². The van der Waals surface area contributed by atoms with Gasteiger partial charge in [0.2, 0.25) is 0 Å². The fraction of sp³-hybridized carbons (Fsp3) is 0.947. The molecule has 19 heteroatoms. The zero-order chi connectivity index (χ0) is 70.1. The smallest absolute Gasteiger partial charge is 0.462 e. The topological polar surface area (TPSA) is 237 Å². The number of hydrogen-bond acceptors (Lipinski definition) is 15. The molecule has 0 heterocycles. The van der Waals surface area contributed by atoms with Crippen LogP contribution in [-0.2, 0) is 65.4 Å². The summed E-state index contributed by atoms with van der Waals surface area (Å²) < 4.78 is 68.4. The Morgan fingerprint density at radius 3 is 0.800 bits per heavy atom. The molecular weight excluding hydrogens is 1250 g/mol. The van der Waals surface area contributed by atoms with E-state index in [1.54, 1.807) is 0 Å². The summed E-state index contributed by atoms with van der Waals surface area (Å²) in [5, 5.41) is 10.6. The molecule has 0 amide bonds. The zero-order valence-electron chi connectivity index (χ0n) is 62.1. The number of esters is 4. The summed E-state index contributed by atoms with van der Waals surface area (Å²) in [7, 11) is -9.91. The van der Waals surface area contributed by atoms with Crippen molar-refractivity contribution in [1.29, 1.82) is 0 Å². The second-order valence-electron chi connectivity index (χ2n) is 28.6. The highest BCUT2D eigenvalue weighted by Gasteiger charge is 2.30. The van der Waals surface area contributed by atoms with Crippen molar-refractivity contribution in [3.8, 4) is 0 Å². The first kappa shape index (κ1) is 93.1. The highest BCUT2D eigenvalue weighted by Crippen LogP contribution is 2.45. The standard InChI is InChI=1S/C76H148O17P2/c1-8-10-11-12-13-28-35-43-50-57-73(78)86-64-72(93-76(81)60-53-46-39-38-42-49-56-69(7)9-2)66-91-95(84,85)89-62-70(77)61-88-94(82,83)90-65-71(92-75(80)59-52-45-37-32-27-23-19-15-17-21-25-30-34-41-48-55-68(5)6)63-87-74(79)58-51-44-36-31-26-22-18-14-16-20-24-29-33-40-47-54-67(3)4/h67-72,77H,8-66H2,1-7H3,(H,82,83)(H,84,85)/t69?,70-,71-,72-/m1/s1. The summed E-state index contributed by atoms with van der Waals surface area (Å²) in [5.41, 5.74) is 0. The number of rotatable bonds is 74. The van der Waals surface area contributed by atoms with E-state index in [0.717, 1.165) is 108 Å². The van der Waals surface area contributed by atoms with Crippen molar-refractivity contribution in [2.45, 2.75) is 407 Å². The molecule has 0 aliphatic rings. The molecule has 0 saturated heterocycles. The Morgan fingerprint density at radius 1 is 0.305 bits per heavy atom. The number of hydrogen-bond donors (Lipinski definition) is 3. The van der Waals surface area contributed by atoms with E-state index in [2.05, 4.69) is 48.5 Å². The minimum Gasteiger partial charge on any atom is -0.462 e. The Labute approximate surface area is 581 Å². The molecule has 564 valence electrons. The van der Waals surface area contributed by atoms with Crippen LogP contribution in [0.2, 0.25) is 0 Å². The number of aliphatic hydroxyl groups is 1. The van der Waals surface area contributed by atoms with E-state index in [4.69, 9.17) is 37.0 Å². The molecule has 0 bridgehead atoms. The van der Waals surface area contributed by atoms with Gasteiger partial charge in [0.15, 0.2) is 12.2 Å². The van der Waals surface area contributed by atoms with Crippen molar-refractivity contribution in [2.75, 3.05) is 39.6 Å². The van der Waals surface area contributed by atoms with Gasteiger partial charge in [-0.15, -0.1) is 0 Å². The van der Waals surface area contributed by atoms with Crippen molar-refractivity contribution < 1.29 is 80.2 Å². The van der Waals surface area contributed by atoms with Gasteiger partial charge in [-0.2, -0.15) is 0 Å². The van der Waals surface area contributed by atoms with Gasteiger partial charge in [-0.1, -0.05) is 337 Å². The fourth-order valence-corrected chi connectivity index (χ4v) is 13.1. The second-order valence-corrected chi connectivity index (χ2v) is 31.5. The molecule has 0 aromatic rings. The summed E-state index contributed by atoms with van der Waals surface area (Å²) >= 11 is 0. The molecule has 17 nitrogen and oxygen atoms in total. The summed E-state index contributed by atoms with van der Waals surface area (Å²) in [6.07, 6.45) is 52.8. The summed E-state index contributed by atoms with van der Waals surface area (Å²) in [6.45, 7) is 11.9. The van der Waals surface area contributed by atoms with Crippen LogP contribution in [0.15, 0.2) is 0 Å². The average Bonchev–Trinajstić information content (AvgIpc) is 1.70. The Bertz CT molecular complexity index is 1850.